The number of carbonyl (C=O) groups excluding carboxylic acids is 1. The second-order valence-electron chi connectivity index (χ2n) is 11.0. The highest BCUT2D eigenvalue weighted by atomic mass is 35.5. The van der Waals surface area contributed by atoms with Gasteiger partial charge in [-0.15, -0.1) is 0 Å². The van der Waals surface area contributed by atoms with E-state index in [-0.39, 0.29) is 40.2 Å². The van der Waals surface area contributed by atoms with E-state index in [9.17, 15) is 14.0 Å². The monoisotopic (exact) mass is 572 g/mol. The molecular formula is C31H30ClFN6O2. The van der Waals surface area contributed by atoms with Crippen LogP contribution in [-0.4, -0.2) is 55.5 Å². The van der Waals surface area contributed by atoms with Crippen molar-refractivity contribution in [1.29, 1.82) is 0 Å². The molecule has 3 aliphatic heterocycles. The van der Waals surface area contributed by atoms with Gasteiger partial charge in [0.25, 0.3) is 0 Å². The van der Waals surface area contributed by atoms with Gasteiger partial charge in [-0.25, -0.2) is 18.7 Å². The molecule has 41 heavy (non-hydrogen) atoms. The van der Waals surface area contributed by atoms with Crippen molar-refractivity contribution in [1.82, 2.24) is 24.4 Å². The molecule has 3 aliphatic rings. The van der Waals surface area contributed by atoms with Crippen LogP contribution >= 0.6 is 11.6 Å². The number of aromatic nitrogens is 4. The lowest BCUT2D eigenvalue weighted by molar-refractivity contribution is -0.131. The minimum Gasteiger partial charge on any atom is -0.349 e. The van der Waals surface area contributed by atoms with E-state index in [2.05, 4.69) is 21.4 Å². The molecule has 8 nitrogen and oxygen atoms in total. The van der Waals surface area contributed by atoms with Gasteiger partial charge in [-0.1, -0.05) is 44.2 Å². The van der Waals surface area contributed by atoms with Crippen molar-refractivity contribution in [2.24, 2.45) is 0 Å². The van der Waals surface area contributed by atoms with Crippen molar-refractivity contribution in [3.05, 3.63) is 87.8 Å². The number of anilines is 1. The third kappa shape index (κ3) is 4.48. The number of pyridine rings is 2. The normalized spacial score (nSPS) is 18.4. The molecule has 2 bridgehead atoms. The van der Waals surface area contributed by atoms with Crippen LogP contribution in [-0.2, 0) is 4.79 Å². The van der Waals surface area contributed by atoms with Crippen molar-refractivity contribution in [2.45, 2.75) is 51.6 Å². The van der Waals surface area contributed by atoms with Crippen molar-refractivity contribution in [2.75, 3.05) is 18.0 Å². The van der Waals surface area contributed by atoms with Crippen molar-refractivity contribution < 1.29 is 9.18 Å². The highest BCUT2D eigenvalue weighted by Crippen LogP contribution is 2.38. The summed E-state index contributed by atoms with van der Waals surface area (Å²) in [5.74, 6) is -0.0925. The van der Waals surface area contributed by atoms with E-state index in [4.69, 9.17) is 16.6 Å². The zero-order chi connectivity index (χ0) is 29.0. The lowest BCUT2D eigenvalue weighted by Gasteiger charge is -2.51. The fraction of sp³-hybridized carbons (Fsp3) is 0.323. The Hall–Kier alpha value is -4.11. The van der Waals surface area contributed by atoms with Crippen LogP contribution in [0.25, 0.3) is 28.0 Å². The van der Waals surface area contributed by atoms with Crippen LogP contribution in [0.3, 0.4) is 0 Å². The lowest BCUT2D eigenvalue weighted by atomic mass is 9.90. The SMILES string of the molecule is C=CC(=O)N1CC2CCC1CN2c1nc(=O)n(-c2c(C)ccnc2C(C)C)c2nc(-c3ccccc3F)c(Cl)cc12. The summed E-state index contributed by atoms with van der Waals surface area (Å²) in [4.78, 5) is 44.5. The minimum atomic E-state index is -0.514. The summed E-state index contributed by atoms with van der Waals surface area (Å²) in [5, 5.41) is 0.815. The Bertz CT molecular complexity index is 1770. The molecular weight excluding hydrogens is 543 g/mol. The van der Waals surface area contributed by atoms with Crippen molar-refractivity contribution in [3.8, 4) is 16.9 Å². The van der Waals surface area contributed by atoms with Gasteiger partial charge in [-0.2, -0.15) is 4.98 Å². The van der Waals surface area contributed by atoms with E-state index in [1.807, 2.05) is 31.7 Å². The Kier molecular flexibility index (Phi) is 6.85. The number of amides is 1. The minimum absolute atomic E-state index is 0.0103. The first kappa shape index (κ1) is 27.1. The molecule has 0 aliphatic carbocycles. The van der Waals surface area contributed by atoms with Crippen LogP contribution in [0.2, 0.25) is 5.02 Å². The zero-order valence-corrected chi connectivity index (χ0v) is 23.9. The predicted octanol–water partition coefficient (Wildman–Crippen LogP) is 5.43. The van der Waals surface area contributed by atoms with Crippen LogP contribution in [0.15, 0.2) is 60.0 Å². The summed E-state index contributed by atoms with van der Waals surface area (Å²) >= 11 is 6.80. The maximum Gasteiger partial charge on any atom is 0.355 e. The number of piperidine rings is 2. The molecule has 1 amide bonds. The standard InChI is InChI=1S/C31H30ClFN6O2/c1-5-25(40)37-15-20-11-10-19(37)16-38(20)29-22-14-23(32)27(21-8-6-7-9-24(21)33)35-30(22)39(31(41)36-29)28-18(4)12-13-34-26(28)17(2)3/h5-9,12-14,17,19-20H,1,10-11,15-16H2,2-4H3. The number of hydrogen-bond donors (Lipinski definition) is 0. The Morgan fingerprint density at radius 3 is 2.59 bits per heavy atom. The fourth-order valence-electron chi connectivity index (χ4n) is 6.13. The van der Waals surface area contributed by atoms with Crippen LogP contribution in [0.4, 0.5) is 10.2 Å². The number of piperazine rings is 1. The molecule has 210 valence electrons. The summed E-state index contributed by atoms with van der Waals surface area (Å²) in [6.07, 6.45) is 4.78. The van der Waals surface area contributed by atoms with E-state index in [0.29, 0.717) is 35.6 Å². The van der Waals surface area contributed by atoms with Gasteiger partial charge in [-0.05, 0) is 61.6 Å². The quantitative estimate of drug-likeness (QED) is 0.296. The lowest BCUT2D eigenvalue weighted by Crippen LogP contribution is -2.64. The topological polar surface area (TPSA) is 84.2 Å². The molecule has 4 aromatic rings. The molecule has 0 saturated carbocycles. The van der Waals surface area contributed by atoms with E-state index < -0.39 is 11.5 Å². The fourth-order valence-corrected chi connectivity index (χ4v) is 6.38. The Labute approximate surface area is 242 Å². The molecule has 6 heterocycles. The maximum atomic E-state index is 15.0. The van der Waals surface area contributed by atoms with E-state index in [1.54, 1.807) is 30.5 Å². The molecule has 3 aromatic heterocycles. The van der Waals surface area contributed by atoms with Gasteiger partial charge in [0.05, 0.1) is 27.5 Å². The summed E-state index contributed by atoms with van der Waals surface area (Å²) < 4.78 is 16.4. The molecule has 3 fully saturated rings. The largest absolute Gasteiger partial charge is 0.355 e. The van der Waals surface area contributed by atoms with Crippen LogP contribution in [0.5, 0.6) is 0 Å². The third-order valence-electron chi connectivity index (χ3n) is 8.11. The van der Waals surface area contributed by atoms with Crippen LogP contribution in [0, 0.1) is 12.7 Å². The third-order valence-corrected chi connectivity index (χ3v) is 8.40. The first-order valence-electron chi connectivity index (χ1n) is 13.7. The molecule has 0 N–H and O–H groups in total. The smallest absolute Gasteiger partial charge is 0.349 e. The predicted molar refractivity (Wildman–Crippen MR) is 158 cm³/mol. The molecule has 10 heteroatoms. The van der Waals surface area contributed by atoms with Gasteiger partial charge in [0, 0.05) is 36.9 Å². The van der Waals surface area contributed by atoms with Crippen LogP contribution in [0.1, 0.15) is 43.9 Å². The summed E-state index contributed by atoms with van der Waals surface area (Å²) in [5.41, 5.74) is 2.44. The number of halogens is 2. The first-order valence-corrected chi connectivity index (χ1v) is 14.1. The summed E-state index contributed by atoms with van der Waals surface area (Å²) in [6.45, 7) is 10.6. The summed E-state index contributed by atoms with van der Waals surface area (Å²) in [7, 11) is 0. The van der Waals surface area contributed by atoms with Crippen LogP contribution < -0.4 is 10.6 Å². The Balaban J connectivity index is 1.63. The molecule has 2 unspecified atom stereocenters. The highest BCUT2D eigenvalue weighted by Gasteiger charge is 2.42. The molecule has 0 spiro atoms. The molecule has 1 aromatic carbocycles. The van der Waals surface area contributed by atoms with Crippen molar-refractivity contribution in [3.63, 3.8) is 0 Å². The number of fused-ring (bicyclic) bond motifs is 4. The molecule has 2 atom stereocenters. The highest BCUT2D eigenvalue weighted by molar-refractivity contribution is 6.33. The van der Waals surface area contributed by atoms with Crippen molar-refractivity contribution >= 4 is 34.4 Å². The summed E-state index contributed by atoms with van der Waals surface area (Å²) in [6, 6.07) is 9.79. The van der Waals surface area contributed by atoms with Gasteiger partial charge in [0.1, 0.15) is 11.6 Å². The number of rotatable bonds is 5. The van der Waals surface area contributed by atoms with Gasteiger partial charge in [0.15, 0.2) is 5.65 Å². The van der Waals surface area contributed by atoms with E-state index in [0.717, 1.165) is 24.1 Å². The van der Waals surface area contributed by atoms with E-state index >= 15 is 0 Å². The zero-order valence-electron chi connectivity index (χ0n) is 23.1. The maximum absolute atomic E-state index is 15.0. The number of nitrogens with zero attached hydrogens (tertiary/aromatic N) is 6. The van der Waals surface area contributed by atoms with E-state index in [1.165, 1.54) is 16.7 Å². The Morgan fingerprint density at radius 1 is 1.15 bits per heavy atom. The number of carbonyl (C=O) groups is 1. The molecule has 7 rings (SSSR count). The number of aryl methyl sites for hydroxylation is 1. The second-order valence-corrected chi connectivity index (χ2v) is 11.4. The van der Waals surface area contributed by atoms with Gasteiger partial charge in [-0.3, -0.25) is 9.78 Å². The van der Waals surface area contributed by atoms with Gasteiger partial charge < -0.3 is 9.80 Å². The first-order chi connectivity index (χ1) is 19.7. The molecule has 0 radical (unpaired) electrons. The number of hydrogen-bond acceptors (Lipinski definition) is 6. The molecule has 3 saturated heterocycles. The Morgan fingerprint density at radius 2 is 1.90 bits per heavy atom. The average molecular weight is 573 g/mol. The van der Waals surface area contributed by atoms with Gasteiger partial charge >= 0.3 is 5.69 Å². The second kappa shape index (κ2) is 10.4. The average Bonchev–Trinajstić information content (AvgIpc) is 2.97. The van der Waals surface area contributed by atoms with Gasteiger partial charge in [0.2, 0.25) is 5.91 Å². The number of benzene rings is 1.